The van der Waals surface area contributed by atoms with E-state index in [1.54, 1.807) is 0 Å². The highest BCUT2D eigenvalue weighted by atomic mass is 32.1. The van der Waals surface area contributed by atoms with E-state index in [1.807, 2.05) is 17.5 Å². The van der Waals surface area contributed by atoms with Crippen LogP contribution in [0.3, 0.4) is 0 Å². The van der Waals surface area contributed by atoms with Gasteiger partial charge in [0.25, 0.3) is 0 Å². The predicted molar refractivity (Wildman–Crippen MR) is 76.8 cm³/mol. The van der Waals surface area contributed by atoms with Crippen molar-refractivity contribution >= 4 is 11.3 Å². The average Bonchev–Trinajstić information content (AvgIpc) is 2.99. The summed E-state index contributed by atoms with van der Waals surface area (Å²) in [5, 5.41) is 10.0. The third-order valence-electron chi connectivity index (χ3n) is 3.05. The predicted octanol–water partition coefficient (Wildman–Crippen LogP) is 3.21. The Kier molecular flexibility index (Phi) is 4.96. The summed E-state index contributed by atoms with van der Waals surface area (Å²) in [5.41, 5.74) is 2.74. The van der Waals surface area contributed by atoms with Crippen LogP contribution in [0.25, 0.3) is 0 Å². The second-order valence-electron chi connectivity index (χ2n) is 4.37. The van der Waals surface area contributed by atoms with E-state index in [0.717, 1.165) is 32.5 Å². The van der Waals surface area contributed by atoms with Gasteiger partial charge in [-0.3, -0.25) is 4.68 Å². The van der Waals surface area contributed by atoms with E-state index in [0.29, 0.717) is 0 Å². The highest BCUT2D eigenvalue weighted by molar-refractivity contribution is 7.10. The number of nitrogens with one attached hydrogen (secondary N) is 1. The molecule has 2 rings (SSSR count). The topological polar surface area (TPSA) is 29.9 Å². The zero-order valence-corrected chi connectivity index (χ0v) is 12.0. The number of aromatic nitrogens is 2. The van der Waals surface area contributed by atoms with E-state index in [9.17, 15) is 0 Å². The average molecular weight is 263 g/mol. The summed E-state index contributed by atoms with van der Waals surface area (Å²) in [5.74, 6) is 0. The fourth-order valence-corrected chi connectivity index (χ4v) is 3.01. The SMILES string of the molecule is CCCn1nccc1CNCc1sccc1CC. The molecule has 0 bridgehead atoms. The van der Waals surface area contributed by atoms with Crippen LogP contribution in [0, 0.1) is 0 Å². The van der Waals surface area contributed by atoms with Gasteiger partial charge in [0.2, 0.25) is 0 Å². The van der Waals surface area contributed by atoms with Crippen LogP contribution in [0.15, 0.2) is 23.7 Å². The highest BCUT2D eigenvalue weighted by Gasteiger charge is 2.04. The van der Waals surface area contributed by atoms with Crippen LogP contribution in [0.2, 0.25) is 0 Å². The Morgan fingerprint density at radius 1 is 1.28 bits per heavy atom. The Bertz CT molecular complexity index is 473. The summed E-state index contributed by atoms with van der Waals surface area (Å²) in [6, 6.07) is 4.32. The molecule has 0 unspecified atom stereocenters. The van der Waals surface area contributed by atoms with Gasteiger partial charge in [0, 0.05) is 30.7 Å². The van der Waals surface area contributed by atoms with Crippen LogP contribution < -0.4 is 5.32 Å². The maximum Gasteiger partial charge on any atom is 0.0522 e. The lowest BCUT2D eigenvalue weighted by atomic mass is 10.2. The molecular weight excluding hydrogens is 242 g/mol. The summed E-state index contributed by atoms with van der Waals surface area (Å²) in [4.78, 5) is 1.46. The number of thiophene rings is 1. The molecule has 1 N–H and O–H groups in total. The van der Waals surface area contributed by atoms with E-state index in [-0.39, 0.29) is 0 Å². The molecule has 0 atom stereocenters. The molecule has 0 spiro atoms. The van der Waals surface area contributed by atoms with Gasteiger partial charge >= 0.3 is 0 Å². The summed E-state index contributed by atoms with van der Waals surface area (Å²) in [7, 11) is 0. The number of rotatable bonds is 7. The molecule has 0 aliphatic carbocycles. The highest BCUT2D eigenvalue weighted by Crippen LogP contribution is 2.17. The van der Waals surface area contributed by atoms with Crippen molar-refractivity contribution in [3.63, 3.8) is 0 Å². The second-order valence-corrected chi connectivity index (χ2v) is 5.37. The van der Waals surface area contributed by atoms with Gasteiger partial charge in [-0.1, -0.05) is 13.8 Å². The van der Waals surface area contributed by atoms with Gasteiger partial charge in [0.1, 0.15) is 0 Å². The molecule has 0 amide bonds. The van der Waals surface area contributed by atoms with Gasteiger partial charge in [0.15, 0.2) is 0 Å². The van der Waals surface area contributed by atoms with Gasteiger partial charge in [-0.05, 0) is 35.9 Å². The fourth-order valence-electron chi connectivity index (χ4n) is 2.06. The van der Waals surface area contributed by atoms with Gasteiger partial charge in [-0.25, -0.2) is 0 Å². The molecule has 18 heavy (non-hydrogen) atoms. The summed E-state index contributed by atoms with van der Waals surface area (Å²) >= 11 is 1.84. The fraction of sp³-hybridized carbons (Fsp3) is 0.500. The third-order valence-corrected chi connectivity index (χ3v) is 4.01. The van der Waals surface area contributed by atoms with Crippen LogP contribution in [0.4, 0.5) is 0 Å². The summed E-state index contributed by atoms with van der Waals surface area (Å²) in [6.45, 7) is 7.24. The largest absolute Gasteiger partial charge is 0.306 e. The number of hydrogen-bond donors (Lipinski definition) is 1. The maximum atomic E-state index is 4.33. The van der Waals surface area contributed by atoms with E-state index in [4.69, 9.17) is 0 Å². The molecular formula is C14H21N3S. The molecule has 0 radical (unpaired) electrons. The zero-order chi connectivity index (χ0) is 12.8. The molecule has 2 aromatic heterocycles. The smallest absolute Gasteiger partial charge is 0.0522 e. The standard InChI is InChI=1S/C14H21N3S/c1-3-8-17-13(5-7-16-17)10-15-11-14-12(4-2)6-9-18-14/h5-7,9,15H,3-4,8,10-11H2,1-2H3. The van der Waals surface area contributed by atoms with E-state index in [2.05, 4.69) is 46.5 Å². The second kappa shape index (κ2) is 6.71. The van der Waals surface area contributed by atoms with Crippen LogP contribution in [0.5, 0.6) is 0 Å². The summed E-state index contributed by atoms with van der Waals surface area (Å²) < 4.78 is 2.09. The Hall–Kier alpha value is -1.13. The molecule has 2 heterocycles. The molecule has 0 saturated carbocycles. The van der Waals surface area contributed by atoms with Crippen molar-refractivity contribution in [2.75, 3.05) is 0 Å². The van der Waals surface area contributed by atoms with Gasteiger partial charge in [-0.2, -0.15) is 5.10 Å². The lowest BCUT2D eigenvalue weighted by Gasteiger charge is -2.08. The maximum absolute atomic E-state index is 4.33. The first-order valence-corrected chi connectivity index (χ1v) is 7.49. The quantitative estimate of drug-likeness (QED) is 0.831. The molecule has 0 aromatic carbocycles. The van der Waals surface area contributed by atoms with Crippen LogP contribution >= 0.6 is 11.3 Å². The van der Waals surface area contributed by atoms with Gasteiger partial charge < -0.3 is 5.32 Å². The molecule has 0 aliphatic heterocycles. The minimum Gasteiger partial charge on any atom is -0.306 e. The Balaban J connectivity index is 1.86. The third kappa shape index (κ3) is 3.21. The van der Waals surface area contributed by atoms with Crippen molar-refractivity contribution in [3.8, 4) is 0 Å². The minimum atomic E-state index is 0.890. The van der Waals surface area contributed by atoms with Crippen LogP contribution in [0.1, 0.15) is 36.4 Å². The van der Waals surface area contributed by atoms with E-state index >= 15 is 0 Å². The minimum absolute atomic E-state index is 0.890. The number of nitrogens with zero attached hydrogens (tertiary/aromatic N) is 2. The van der Waals surface area contributed by atoms with Crippen molar-refractivity contribution in [3.05, 3.63) is 39.8 Å². The Labute approximate surface area is 113 Å². The first kappa shape index (κ1) is 13.3. The number of hydrogen-bond acceptors (Lipinski definition) is 3. The monoisotopic (exact) mass is 263 g/mol. The first-order valence-electron chi connectivity index (χ1n) is 6.61. The first-order chi connectivity index (χ1) is 8.85. The lowest BCUT2D eigenvalue weighted by Crippen LogP contribution is -2.16. The molecule has 0 saturated heterocycles. The van der Waals surface area contributed by atoms with Crippen molar-refractivity contribution in [2.45, 2.75) is 46.3 Å². The molecule has 2 aromatic rings. The number of aryl methyl sites for hydroxylation is 2. The normalized spacial score (nSPS) is 11.0. The molecule has 98 valence electrons. The molecule has 3 nitrogen and oxygen atoms in total. The van der Waals surface area contributed by atoms with Crippen LogP contribution in [-0.4, -0.2) is 9.78 Å². The van der Waals surface area contributed by atoms with Gasteiger partial charge in [0.05, 0.1) is 5.69 Å². The van der Waals surface area contributed by atoms with E-state index < -0.39 is 0 Å². The van der Waals surface area contributed by atoms with Gasteiger partial charge in [-0.15, -0.1) is 11.3 Å². The van der Waals surface area contributed by atoms with Crippen molar-refractivity contribution in [1.29, 1.82) is 0 Å². The molecule has 0 aliphatic rings. The Morgan fingerprint density at radius 3 is 2.94 bits per heavy atom. The van der Waals surface area contributed by atoms with E-state index in [1.165, 1.54) is 16.1 Å². The van der Waals surface area contributed by atoms with Crippen molar-refractivity contribution in [1.82, 2.24) is 15.1 Å². The Morgan fingerprint density at radius 2 is 2.17 bits per heavy atom. The lowest BCUT2D eigenvalue weighted by molar-refractivity contribution is 0.550. The van der Waals surface area contributed by atoms with Crippen molar-refractivity contribution in [2.24, 2.45) is 0 Å². The summed E-state index contributed by atoms with van der Waals surface area (Å²) in [6.07, 6.45) is 4.13. The molecule has 0 fully saturated rings. The zero-order valence-electron chi connectivity index (χ0n) is 11.1. The van der Waals surface area contributed by atoms with Crippen LogP contribution in [-0.2, 0) is 26.1 Å². The van der Waals surface area contributed by atoms with Crippen molar-refractivity contribution < 1.29 is 0 Å². The molecule has 4 heteroatoms.